The molecule has 0 unspecified atom stereocenters. The molecule has 2 N–H and O–H groups in total. The molecule has 78 valence electrons. The molecule has 1 atom stereocenters. The highest BCUT2D eigenvalue weighted by molar-refractivity contribution is 5.36. The van der Waals surface area contributed by atoms with Crippen LogP contribution in [0.1, 0.15) is 24.4 Å². The Hall–Kier alpha value is -1.61. The lowest BCUT2D eigenvalue weighted by atomic mass is 10.1. The molecule has 2 aromatic rings. The molecule has 0 spiro atoms. The van der Waals surface area contributed by atoms with Gasteiger partial charge in [0.15, 0.2) is 0 Å². The Bertz CT molecular complexity index is 440. The normalized spacial score (nSPS) is 12.7. The molecule has 0 saturated heterocycles. The third kappa shape index (κ3) is 1.92. The minimum atomic E-state index is 0.0861. The van der Waals surface area contributed by atoms with E-state index < -0.39 is 0 Å². The van der Waals surface area contributed by atoms with Crippen LogP contribution in [0.3, 0.4) is 0 Å². The van der Waals surface area contributed by atoms with E-state index in [0.717, 1.165) is 17.1 Å². The Morgan fingerprint density at radius 1 is 1.27 bits per heavy atom. The smallest absolute Gasteiger partial charge is 0.110 e. The quantitative estimate of drug-likeness (QED) is 0.809. The van der Waals surface area contributed by atoms with Gasteiger partial charge in [-0.05, 0) is 31.5 Å². The molecule has 0 amide bonds. The van der Waals surface area contributed by atoms with Gasteiger partial charge in [-0.1, -0.05) is 12.1 Å². The Morgan fingerprint density at radius 2 is 1.93 bits per heavy atom. The van der Waals surface area contributed by atoms with Crippen molar-refractivity contribution < 1.29 is 0 Å². The second-order valence-corrected chi connectivity index (χ2v) is 3.72. The summed E-state index contributed by atoms with van der Waals surface area (Å²) < 4.78 is 2.05. The second kappa shape index (κ2) is 3.87. The third-order valence-electron chi connectivity index (χ3n) is 2.52. The molecule has 0 bridgehead atoms. The fraction of sp³-hybridized carbons (Fsp3) is 0.250. The lowest BCUT2D eigenvalue weighted by molar-refractivity contribution is 0.817. The van der Waals surface area contributed by atoms with Gasteiger partial charge in [0.1, 0.15) is 5.82 Å². The highest BCUT2D eigenvalue weighted by atomic mass is 15.1. The number of rotatable bonds is 2. The van der Waals surface area contributed by atoms with E-state index in [1.165, 1.54) is 0 Å². The van der Waals surface area contributed by atoms with Gasteiger partial charge in [-0.15, -0.1) is 0 Å². The molecule has 15 heavy (non-hydrogen) atoms. The largest absolute Gasteiger partial charge is 0.324 e. The molecule has 0 fully saturated rings. The van der Waals surface area contributed by atoms with Gasteiger partial charge in [-0.25, -0.2) is 4.98 Å². The maximum absolute atomic E-state index is 5.79. The Labute approximate surface area is 89.6 Å². The van der Waals surface area contributed by atoms with E-state index in [4.69, 9.17) is 5.73 Å². The number of aryl methyl sites for hydroxylation is 1. The summed E-state index contributed by atoms with van der Waals surface area (Å²) in [5, 5.41) is 0. The summed E-state index contributed by atoms with van der Waals surface area (Å²) in [5.74, 6) is 0.989. The summed E-state index contributed by atoms with van der Waals surface area (Å²) in [7, 11) is 0. The lowest BCUT2D eigenvalue weighted by Crippen LogP contribution is -2.05. The van der Waals surface area contributed by atoms with Gasteiger partial charge in [0.05, 0.1) is 0 Å². The zero-order chi connectivity index (χ0) is 10.8. The van der Waals surface area contributed by atoms with E-state index in [1.807, 2.05) is 24.6 Å². The fourth-order valence-corrected chi connectivity index (χ4v) is 1.59. The molecular weight excluding hydrogens is 186 g/mol. The summed E-state index contributed by atoms with van der Waals surface area (Å²) in [5.41, 5.74) is 8.06. The molecule has 3 nitrogen and oxygen atoms in total. The minimum absolute atomic E-state index is 0.0861. The molecule has 2 rings (SSSR count). The van der Waals surface area contributed by atoms with E-state index >= 15 is 0 Å². The summed E-state index contributed by atoms with van der Waals surface area (Å²) in [4.78, 5) is 4.19. The zero-order valence-corrected chi connectivity index (χ0v) is 9.01. The summed E-state index contributed by atoms with van der Waals surface area (Å²) in [6.07, 6.45) is 3.75. The first-order chi connectivity index (χ1) is 7.18. The van der Waals surface area contributed by atoms with Gasteiger partial charge in [0, 0.05) is 24.1 Å². The first-order valence-corrected chi connectivity index (χ1v) is 5.04. The van der Waals surface area contributed by atoms with E-state index in [-0.39, 0.29) is 6.04 Å². The second-order valence-electron chi connectivity index (χ2n) is 3.72. The first kappa shape index (κ1) is 9.93. The van der Waals surface area contributed by atoms with Crippen molar-refractivity contribution in [3.63, 3.8) is 0 Å². The van der Waals surface area contributed by atoms with Crippen molar-refractivity contribution in [3.8, 4) is 5.69 Å². The molecule has 1 aromatic heterocycles. The zero-order valence-electron chi connectivity index (χ0n) is 9.01. The van der Waals surface area contributed by atoms with Crippen LogP contribution >= 0.6 is 0 Å². The molecule has 0 radical (unpaired) electrons. The van der Waals surface area contributed by atoms with Crippen molar-refractivity contribution in [2.75, 3.05) is 0 Å². The highest BCUT2D eigenvalue weighted by Crippen LogP contribution is 2.14. The van der Waals surface area contributed by atoms with Crippen LogP contribution in [-0.2, 0) is 0 Å². The van der Waals surface area contributed by atoms with Crippen LogP contribution < -0.4 is 5.73 Å². The first-order valence-electron chi connectivity index (χ1n) is 5.04. The summed E-state index contributed by atoms with van der Waals surface area (Å²) >= 11 is 0. The SMILES string of the molecule is Cc1nccn1-c1ccc([C@H](C)N)cc1. The average molecular weight is 201 g/mol. The molecule has 3 heteroatoms. The maximum Gasteiger partial charge on any atom is 0.110 e. The van der Waals surface area contributed by atoms with Gasteiger partial charge in [-0.3, -0.25) is 0 Å². The van der Waals surface area contributed by atoms with Crippen molar-refractivity contribution in [2.24, 2.45) is 5.73 Å². The number of hydrogen-bond donors (Lipinski definition) is 1. The van der Waals surface area contributed by atoms with Crippen molar-refractivity contribution in [1.29, 1.82) is 0 Å². The Kier molecular flexibility index (Phi) is 2.56. The Morgan fingerprint density at radius 3 is 2.40 bits per heavy atom. The summed E-state index contributed by atoms with van der Waals surface area (Å²) in [6.45, 7) is 3.97. The number of nitrogens with two attached hydrogens (primary N) is 1. The van der Waals surface area contributed by atoms with Crippen LogP contribution in [0.25, 0.3) is 5.69 Å². The van der Waals surface area contributed by atoms with Crippen molar-refractivity contribution >= 4 is 0 Å². The van der Waals surface area contributed by atoms with E-state index in [1.54, 1.807) is 6.20 Å². The predicted octanol–water partition coefficient (Wildman–Crippen LogP) is 2.20. The summed E-state index contributed by atoms with van der Waals surface area (Å²) in [6, 6.07) is 8.32. The predicted molar refractivity (Wildman–Crippen MR) is 60.9 cm³/mol. The highest BCUT2D eigenvalue weighted by Gasteiger charge is 2.02. The standard InChI is InChI=1S/C12H15N3/c1-9(13)11-3-5-12(6-4-11)15-8-7-14-10(15)2/h3-9H,13H2,1-2H3/t9-/m0/s1. The van der Waals surface area contributed by atoms with Crippen LogP contribution in [0.15, 0.2) is 36.7 Å². The van der Waals surface area contributed by atoms with E-state index in [2.05, 4.69) is 29.2 Å². The van der Waals surface area contributed by atoms with Gasteiger partial charge in [0.2, 0.25) is 0 Å². The van der Waals surface area contributed by atoms with Crippen LogP contribution in [-0.4, -0.2) is 9.55 Å². The van der Waals surface area contributed by atoms with Crippen LogP contribution in [0.4, 0.5) is 0 Å². The van der Waals surface area contributed by atoms with Crippen molar-refractivity contribution in [3.05, 3.63) is 48.0 Å². The molecule has 0 aliphatic heterocycles. The van der Waals surface area contributed by atoms with Crippen LogP contribution in [0.5, 0.6) is 0 Å². The topological polar surface area (TPSA) is 43.8 Å². The van der Waals surface area contributed by atoms with Crippen molar-refractivity contribution in [2.45, 2.75) is 19.9 Å². The number of nitrogens with zero attached hydrogens (tertiary/aromatic N) is 2. The number of aromatic nitrogens is 2. The molecule has 1 aromatic carbocycles. The molecule has 1 heterocycles. The third-order valence-corrected chi connectivity index (χ3v) is 2.52. The van der Waals surface area contributed by atoms with Gasteiger partial charge >= 0.3 is 0 Å². The fourth-order valence-electron chi connectivity index (χ4n) is 1.59. The van der Waals surface area contributed by atoms with Gasteiger partial charge < -0.3 is 10.3 Å². The monoisotopic (exact) mass is 201 g/mol. The average Bonchev–Trinajstić information content (AvgIpc) is 2.65. The maximum atomic E-state index is 5.79. The number of imidazole rings is 1. The minimum Gasteiger partial charge on any atom is -0.324 e. The van der Waals surface area contributed by atoms with Gasteiger partial charge in [0.25, 0.3) is 0 Å². The van der Waals surface area contributed by atoms with Crippen LogP contribution in [0, 0.1) is 6.92 Å². The van der Waals surface area contributed by atoms with Crippen LogP contribution in [0.2, 0.25) is 0 Å². The van der Waals surface area contributed by atoms with E-state index in [9.17, 15) is 0 Å². The molecule has 0 aliphatic carbocycles. The molecule has 0 aliphatic rings. The molecule has 0 saturated carbocycles. The van der Waals surface area contributed by atoms with Gasteiger partial charge in [-0.2, -0.15) is 0 Å². The van der Waals surface area contributed by atoms with E-state index in [0.29, 0.717) is 0 Å². The molecular formula is C12H15N3. The Balaban J connectivity index is 2.36. The lowest BCUT2D eigenvalue weighted by Gasteiger charge is -2.08. The number of benzene rings is 1. The number of hydrogen-bond acceptors (Lipinski definition) is 2. The van der Waals surface area contributed by atoms with Crippen molar-refractivity contribution in [1.82, 2.24) is 9.55 Å².